The van der Waals surface area contributed by atoms with Crippen LogP contribution in [-0.2, 0) is 0 Å². The number of primary amides is 2. The summed E-state index contributed by atoms with van der Waals surface area (Å²) in [6, 6.07) is 4.07. The van der Waals surface area contributed by atoms with Crippen LogP contribution in [0.15, 0.2) is 18.2 Å². The quantitative estimate of drug-likeness (QED) is 0.373. The highest BCUT2D eigenvalue weighted by atomic mass is 127. The van der Waals surface area contributed by atoms with Crippen LogP contribution in [0.4, 0.5) is 5.69 Å². The number of rotatable bonds is 2. The second-order valence-corrected chi connectivity index (χ2v) is 2.57. The van der Waals surface area contributed by atoms with E-state index in [1.165, 1.54) is 18.2 Å². The van der Waals surface area contributed by atoms with Crippen LogP contribution in [-0.4, -0.2) is 11.8 Å². The number of benzene rings is 1. The molecule has 0 bridgehead atoms. The molecule has 1 rings (SSSR count). The van der Waals surface area contributed by atoms with Gasteiger partial charge in [0.05, 0.1) is 0 Å². The Kier molecular flexibility index (Phi) is 12.3. The van der Waals surface area contributed by atoms with E-state index in [0.29, 0.717) is 0 Å². The first-order chi connectivity index (χ1) is 6.00. The number of anilines is 1. The minimum atomic E-state index is -0.644. The van der Waals surface area contributed by atoms with E-state index < -0.39 is 11.8 Å². The van der Waals surface area contributed by atoms with Crippen molar-refractivity contribution in [2.45, 2.75) is 0 Å². The zero-order chi connectivity index (χ0) is 10.0. The van der Waals surface area contributed by atoms with E-state index in [1.807, 2.05) is 0 Å². The van der Waals surface area contributed by atoms with Crippen molar-refractivity contribution in [3.05, 3.63) is 29.3 Å². The Morgan fingerprint density at radius 2 is 1.12 bits per heavy atom. The monoisotopic (exact) mass is 563 g/mol. The van der Waals surface area contributed by atoms with Gasteiger partial charge in [0.1, 0.15) is 0 Å². The summed E-state index contributed by atoms with van der Waals surface area (Å²) in [5.41, 5.74) is 16.1. The molecule has 1 aromatic carbocycles. The Morgan fingerprint density at radius 3 is 1.38 bits per heavy atom. The van der Waals surface area contributed by atoms with E-state index in [1.54, 1.807) is 0 Å². The van der Waals surface area contributed by atoms with Crippen molar-refractivity contribution in [3.63, 3.8) is 0 Å². The van der Waals surface area contributed by atoms with Crippen LogP contribution in [0.5, 0.6) is 0 Å². The van der Waals surface area contributed by atoms with Crippen LogP contribution >= 0.6 is 71.9 Å². The number of hydrogen-bond acceptors (Lipinski definition) is 3. The lowest BCUT2D eigenvalue weighted by molar-refractivity contribution is 0.0999. The molecule has 6 N–H and O–H groups in total. The Morgan fingerprint density at radius 1 is 0.812 bits per heavy atom. The van der Waals surface area contributed by atoms with Gasteiger partial charge in [-0.25, -0.2) is 0 Å². The molecule has 5 nitrogen and oxygen atoms in total. The summed E-state index contributed by atoms with van der Waals surface area (Å²) in [5, 5.41) is 0. The minimum Gasteiger partial charge on any atom is -0.399 e. The number of carbonyl (C=O) groups excluding carboxylic acids is 2. The normalized spacial score (nSPS) is 7.75. The van der Waals surface area contributed by atoms with Crippen molar-refractivity contribution < 1.29 is 9.59 Å². The predicted molar refractivity (Wildman–Crippen MR) is 94.1 cm³/mol. The average molecular weight is 563 g/mol. The number of carbonyl (C=O) groups is 2. The van der Waals surface area contributed by atoms with Gasteiger partial charge in [0.15, 0.2) is 0 Å². The van der Waals surface area contributed by atoms with E-state index >= 15 is 0 Å². The summed E-state index contributed by atoms with van der Waals surface area (Å²) in [4.78, 5) is 21.5. The molecule has 0 aliphatic carbocycles. The zero-order valence-corrected chi connectivity index (χ0v) is 15.0. The van der Waals surface area contributed by atoms with Gasteiger partial charge in [0.2, 0.25) is 11.8 Å². The third-order valence-corrected chi connectivity index (χ3v) is 1.52. The Labute approximate surface area is 144 Å². The van der Waals surface area contributed by atoms with Crippen molar-refractivity contribution in [2.24, 2.45) is 11.5 Å². The standard InChI is InChI=1S/C8H9N3O2.3HI/c9-6-2-4(7(10)12)1-5(3-6)8(11)13;;;/h1-3H,9H2,(H2,10,12)(H2,11,13);3*1H. The van der Waals surface area contributed by atoms with Crippen molar-refractivity contribution >= 4 is 89.4 Å². The van der Waals surface area contributed by atoms with Crippen LogP contribution in [0.2, 0.25) is 0 Å². The van der Waals surface area contributed by atoms with Gasteiger partial charge in [-0.15, -0.1) is 71.9 Å². The van der Waals surface area contributed by atoms with Crippen LogP contribution in [0.3, 0.4) is 0 Å². The average Bonchev–Trinajstić information content (AvgIpc) is 2.03. The second kappa shape index (κ2) is 9.21. The first kappa shape index (κ1) is 21.4. The molecule has 92 valence electrons. The lowest BCUT2D eigenvalue weighted by atomic mass is 10.1. The Hall–Kier alpha value is 0.150. The molecule has 2 amide bonds. The van der Waals surface area contributed by atoms with Gasteiger partial charge in [-0.2, -0.15) is 0 Å². The smallest absolute Gasteiger partial charge is 0.248 e. The SMILES string of the molecule is I.I.I.NC(=O)c1cc(N)cc(C(N)=O)c1. The molecule has 0 atom stereocenters. The van der Waals surface area contributed by atoms with Gasteiger partial charge in [0.25, 0.3) is 0 Å². The Bertz CT molecular complexity index is 353. The molecule has 0 aliphatic heterocycles. The Balaban J connectivity index is -0.000000563. The van der Waals surface area contributed by atoms with Crippen molar-refractivity contribution in [3.8, 4) is 0 Å². The summed E-state index contributed by atoms with van der Waals surface area (Å²) in [5.74, 6) is -1.29. The van der Waals surface area contributed by atoms with Crippen LogP contribution in [0.1, 0.15) is 20.7 Å². The predicted octanol–water partition coefficient (Wildman–Crippen LogP) is 1.32. The molecule has 0 saturated heterocycles. The summed E-state index contributed by atoms with van der Waals surface area (Å²) in [7, 11) is 0. The highest BCUT2D eigenvalue weighted by Gasteiger charge is 2.06. The maximum absolute atomic E-state index is 10.7. The molecule has 0 aromatic heterocycles. The maximum atomic E-state index is 10.7. The van der Waals surface area contributed by atoms with Crippen molar-refractivity contribution in [1.82, 2.24) is 0 Å². The molecular weight excluding hydrogens is 551 g/mol. The number of nitrogens with two attached hydrogens (primary N) is 3. The first-order valence-corrected chi connectivity index (χ1v) is 3.51. The molecule has 0 fully saturated rings. The van der Waals surface area contributed by atoms with E-state index in [-0.39, 0.29) is 88.7 Å². The minimum absolute atomic E-state index is 0. The fourth-order valence-electron chi connectivity index (χ4n) is 0.936. The van der Waals surface area contributed by atoms with E-state index in [2.05, 4.69) is 0 Å². The third kappa shape index (κ3) is 6.03. The molecular formula is C8H12I3N3O2. The highest BCUT2D eigenvalue weighted by molar-refractivity contribution is 14.0. The lowest BCUT2D eigenvalue weighted by Crippen LogP contribution is -2.16. The first-order valence-electron chi connectivity index (χ1n) is 3.51. The van der Waals surface area contributed by atoms with E-state index in [0.717, 1.165) is 0 Å². The van der Waals surface area contributed by atoms with E-state index in [9.17, 15) is 9.59 Å². The second-order valence-electron chi connectivity index (χ2n) is 2.57. The number of amides is 2. The van der Waals surface area contributed by atoms with Gasteiger partial charge < -0.3 is 17.2 Å². The zero-order valence-electron chi connectivity index (χ0n) is 8.01. The summed E-state index contributed by atoms with van der Waals surface area (Å²) in [6.07, 6.45) is 0. The van der Waals surface area contributed by atoms with Gasteiger partial charge >= 0.3 is 0 Å². The third-order valence-electron chi connectivity index (χ3n) is 1.52. The topological polar surface area (TPSA) is 112 Å². The maximum Gasteiger partial charge on any atom is 0.248 e. The van der Waals surface area contributed by atoms with Crippen LogP contribution < -0.4 is 17.2 Å². The molecule has 0 heterocycles. The fraction of sp³-hybridized carbons (Fsp3) is 0. The summed E-state index contributed by atoms with van der Waals surface area (Å²) >= 11 is 0. The highest BCUT2D eigenvalue weighted by Crippen LogP contribution is 2.10. The molecule has 1 aromatic rings. The fourth-order valence-corrected chi connectivity index (χ4v) is 0.936. The largest absolute Gasteiger partial charge is 0.399 e. The molecule has 0 radical (unpaired) electrons. The van der Waals surface area contributed by atoms with Crippen LogP contribution in [0, 0.1) is 0 Å². The molecule has 0 spiro atoms. The molecule has 0 saturated carbocycles. The number of hydrogen-bond donors (Lipinski definition) is 3. The number of nitrogen functional groups attached to an aromatic ring is 1. The molecule has 0 unspecified atom stereocenters. The molecule has 8 heteroatoms. The van der Waals surface area contributed by atoms with Gasteiger partial charge in [-0.05, 0) is 18.2 Å². The van der Waals surface area contributed by atoms with Gasteiger partial charge in [-0.3, -0.25) is 9.59 Å². The van der Waals surface area contributed by atoms with Gasteiger partial charge in [-0.1, -0.05) is 0 Å². The van der Waals surface area contributed by atoms with Gasteiger partial charge in [0, 0.05) is 16.8 Å². The lowest BCUT2D eigenvalue weighted by Gasteiger charge is -2.01. The number of halogens is 3. The molecule has 16 heavy (non-hydrogen) atoms. The van der Waals surface area contributed by atoms with E-state index in [4.69, 9.17) is 17.2 Å². The summed E-state index contributed by atoms with van der Waals surface area (Å²) < 4.78 is 0. The summed E-state index contributed by atoms with van der Waals surface area (Å²) in [6.45, 7) is 0. The van der Waals surface area contributed by atoms with Crippen molar-refractivity contribution in [1.29, 1.82) is 0 Å². The van der Waals surface area contributed by atoms with Crippen LogP contribution in [0.25, 0.3) is 0 Å². The molecule has 0 aliphatic rings. The van der Waals surface area contributed by atoms with Crippen molar-refractivity contribution in [2.75, 3.05) is 5.73 Å².